The van der Waals surface area contributed by atoms with Gasteiger partial charge in [0, 0.05) is 4.47 Å². The van der Waals surface area contributed by atoms with Gasteiger partial charge in [-0.25, -0.2) is 8.42 Å². The van der Waals surface area contributed by atoms with Crippen LogP contribution in [0.25, 0.3) is 0 Å². The molecule has 0 unspecified atom stereocenters. The summed E-state index contributed by atoms with van der Waals surface area (Å²) in [6.07, 6.45) is 0. The van der Waals surface area contributed by atoms with E-state index in [0.29, 0.717) is 16.8 Å². The van der Waals surface area contributed by atoms with Crippen molar-refractivity contribution in [1.29, 1.82) is 0 Å². The van der Waals surface area contributed by atoms with Gasteiger partial charge in [-0.2, -0.15) is 4.31 Å². The lowest BCUT2D eigenvalue weighted by atomic mass is 10.2. The van der Waals surface area contributed by atoms with Crippen molar-refractivity contribution in [3.8, 4) is 5.75 Å². The number of sulfonamides is 1. The van der Waals surface area contributed by atoms with E-state index in [2.05, 4.69) is 15.9 Å². The Hall–Kier alpha value is -2.64. The maximum absolute atomic E-state index is 13.3. The fourth-order valence-corrected chi connectivity index (χ4v) is 4.53. The van der Waals surface area contributed by atoms with Gasteiger partial charge >= 0.3 is 0 Å². The molecule has 3 rings (SSSR count). The second-order valence-corrected chi connectivity index (χ2v) is 8.44. The third-order valence-electron chi connectivity index (χ3n) is 3.95. The molecule has 0 aliphatic carbocycles. The second-order valence-electron chi connectivity index (χ2n) is 5.79. The Morgan fingerprint density at radius 3 is 2.14 bits per heavy atom. The molecular formula is C21H18BrNO4S. The first-order chi connectivity index (χ1) is 13.4. The molecule has 0 N–H and O–H groups in total. The summed E-state index contributed by atoms with van der Waals surface area (Å²) in [6.45, 7) is 2.35. The molecule has 0 radical (unpaired) electrons. The van der Waals surface area contributed by atoms with Crippen molar-refractivity contribution in [2.24, 2.45) is 0 Å². The number of ether oxygens (including phenoxy) is 1. The fourth-order valence-electron chi connectivity index (χ4n) is 2.65. The standard InChI is InChI=1S/C21H18BrNO4S/c1-2-27-17-14-12-16(13-15-17)23(21(24)19-10-6-7-11-20(19)22)28(25,26)18-8-4-3-5-9-18/h3-15H,2H2,1H3. The maximum atomic E-state index is 13.3. The number of nitrogens with zero attached hydrogens (tertiary/aromatic N) is 1. The molecule has 3 aromatic carbocycles. The summed E-state index contributed by atoms with van der Waals surface area (Å²) in [4.78, 5) is 13.3. The summed E-state index contributed by atoms with van der Waals surface area (Å²) >= 11 is 3.33. The van der Waals surface area contributed by atoms with Crippen LogP contribution >= 0.6 is 15.9 Å². The van der Waals surface area contributed by atoms with Crippen LogP contribution in [0, 0.1) is 0 Å². The van der Waals surface area contributed by atoms with Crippen LogP contribution in [0.3, 0.4) is 0 Å². The van der Waals surface area contributed by atoms with Crippen molar-refractivity contribution in [1.82, 2.24) is 0 Å². The van der Waals surface area contributed by atoms with E-state index in [1.54, 1.807) is 66.7 Å². The molecular weight excluding hydrogens is 442 g/mol. The molecule has 0 fully saturated rings. The molecule has 0 atom stereocenters. The molecule has 0 saturated carbocycles. The average Bonchev–Trinajstić information content (AvgIpc) is 2.70. The van der Waals surface area contributed by atoms with Crippen molar-refractivity contribution in [3.05, 3.63) is 88.9 Å². The van der Waals surface area contributed by atoms with Gasteiger partial charge in [-0.05, 0) is 71.4 Å². The molecule has 3 aromatic rings. The molecule has 0 bridgehead atoms. The summed E-state index contributed by atoms with van der Waals surface area (Å²) in [5.74, 6) is -0.0582. The van der Waals surface area contributed by atoms with Gasteiger partial charge in [0.15, 0.2) is 0 Å². The van der Waals surface area contributed by atoms with Crippen LogP contribution in [0.5, 0.6) is 5.75 Å². The minimum Gasteiger partial charge on any atom is -0.494 e. The van der Waals surface area contributed by atoms with E-state index < -0.39 is 15.9 Å². The molecule has 0 saturated heterocycles. The van der Waals surface area contributed by atoms with Crippen LogP contribution in [-0.2, 0) is 10.0 Å². The third kappa shape index (κ3) is 4.10. The smallest absolute Gasteiger partial charge is 0.273 e. The van der Waals surface area contributed by atoms with Gasteiger partial charge in [-0.15, -0.1) is 0 Å². The molecule has 0 aromatic heterocycles. The quantitative estimate of drug-likeness (QED) is 0.526. The molecule has 28 heavy (non-hydrogen) atoms. The first kappa shape index (κ1) is 20.1. The Bertz CT molecular complexity index is 1070. The van der Waals surface area contributed by atoms with Crippen molar-refractivity contribution >= 4 is 37.5 Å². The Kier molecular flexibility index (Phi) is 6.16. The summed E-state index contributed by atoms with van der Waals surface area (Å²) in [5.41, 5.74) is 0.476. The molecule has 0 aliphatic heterocycles. The molecule has 0 heterocycles. The van der Waals surface area contributed by atoms with Crippen LogP contribution in [0.15, 0.2) is 88.2 Å². The van der Waals surface area contributed by atoms with Crippen molar-refractivity contribution in [3.63, 3.8) is 0 Å². The number of rotatable bonds is 6. The lowest BCUT2D eigenvalue weighted by Gasteiger charge is -2.23. The second kappa shape index (κ2) is 8.58. The summed E-state index contributed by atoms with van der Waals surface area (Å²) in [7, 11) is -4.12. The Morgan fingerprint density at radius 1 is 0.929 bits per heavy atom. The van der Waals surface area contributed by atoms with E-state index in [1.807, 2.05) is 6.92 Å². The number of anilines is 1. The Labute approximate surface area is 172 Å². The number of carbonyl (C=O) groups excluding carboxylic acids is 1. The minimum atomic E-state index is -4.12. The highest BCUT2D eigenvalue weighted by molar-refractivity contribution is 9.10. The molecule has 5 nitrogen and oxygen atoms in total. The Balaban J connectivity index is 2.14. The molecule has 0 spiro atoms. The van der Waals surface area contributed by atoms with Crippen LogP contribution in [0.1, 0.15) is 17.3 Å². The topological polar surface area (TPSA) is 63.7 Å². The van der Waals surface area contributed by atoms with Crippen LogP contribution < -0.4 is 9.04 Å². The molecule has 0 aliphatic rings. The largest absolute Gasteiger partial charge is 0.494 e. The number of hydrogen-bond donors (Lipinski definition) is 0. The van der Waals surface area contributed by atoms with Gasteiger partial charge in [0.25, 0.3) is 15.9 Å². The predicted octanol–water partition coefficient (Wildman–Crippen LogP) is 4.88. The number of amides is 1. The Morgan fingerprint density at radius 2 is 1.54 bits per heavy atom. The summed E-state index contributed by atoms with van der Waals surface area (Å²) in [6, 6.07) is 21.0. The molecule has 7 heteroatoms. The third-order valence-corrected chi connectivity index (χ3v) is 6.37. The van der Waals surface area contributed by atoms with E-state index in [9.17, 15) is 13.2 Å². The minimum absolute atomic E-state index is 0.0317. The highest BCUT2D eigenvalue weighted by atomic mass is 79.9. The normalized spacial score (nSPS) is 11.1. The van der Waals surface area contributed by atoms with Crippen LogP contribution in [0.4, 0.5) is 5.69 Å². The first-order valence-corrected chi connectivity index (χ1v) is 10.8. The van der Waals surface area contributed by atoms with Gasteiger partial charge in [0.1, 0.15) is 5.75 Å². The zero-order valence-electron chi connectivity index (χ0n) is 15.1. The van der Waals surface area contributed by atoms with Gasteiger partial charge < -0.3 is 4.74 Å². The average molecular weight is 460 g/mol. The summed E-state index contributed by atoms with van der Waals surface area (Å²) in [5, 5.41) is 0. The van der Waals surface area contributed by atoms with Crippen LogP contribution in [0.2, 0.25) is 0 Å². The van der Waals surface area contributed by atoms with Crippen molar-refractivity contribution in [2.45, 2.75) is 11.8 Å². The zero-order valence-corrected chi connectivity index (χ0v) is 17.5. The lowest BCUT2D eigenvalue weighted by Crippen LogP contribution is -2.37. The van der Waals surface area contributed by atoms with Gasteiger partial charge in [-0.3, -0.25) is 4.79 Å². The number of carbonyl (C=O) groups is 1. The van der Waals surface area contributed by atoms with E-state index in [4.69, 9.17) is 4.74 Å². The summed E-state index contributed by atoms with van der Waals surface area (Å²) < 4.78 is 33.4. The van der Waals surface area contributed by atoms with E-state index in [1.165, 1.54) is 12.1 Å². The van der Waals surface area contributed by atoms with Crippen molar-refractivity contribution in [2.75, 3.05) is 10.9 Å². The lowest BCUT2D eigenvalue weighted by molar-refractivity contribution is 0.100. The number of hydrogen-bond acceptors (Lipinski definition) is 4. The van der Waals surface area contributed by atoms with Gasteiger partial charge in [0.2, 0.25) is 0 Å². The maximum Gasteiger partial charge on any atom is 0.273 e. The highest BCUT2D eigenvalue weighted by Crippen LogP contribution is 2.29. The van der Waals surface area contributed by atoms with E-state index in [-0.39, 0.29) is 16.1 Å². The van der Waals surface area contributed by atoms with E-state index >= 15 is 0 Å². The highest BCUT2D eigenvalue weighted by Gasteiger charge is 2.32. The molecule has 1 amide bonds. The number of halogens is 1. The number of benzene rings is 3. The van der Waals surface area contributed by atoms with Crippen LogP contribution in [-0.4, -0.2) is 20.9 Å². The first-order valence-electron chi connectivity index (χ1n) is 8.57. The SMILES string of the molecule is CCOc1ccc(N(C(=O)c2ccccc2Br)S(=O)(=O)c2ccccc2)cc1. The monoisotopic (exact) mass is 459 g/mol. The zero-order chi connectivity index (χ0) is 20.1. The fraction of sp³-hybridized carbons (Fsp3) is 0.0952. The predicted molar refractivity (Wildman–Crippen MR) is 112 cm³/mol. The van der Waals surface area contributed by atoms with Gasteiger partial charge in [-0.1, -0.05) is 30.3 Å². The molecule has 144 valence electrons. The van der Waals surface area contributed by atoms with Gasteiger partial charge in [0.05, 0.1) is 22.8 Å². The van der Waals surface area contributed by atoms with E-state index in [0.717, 1.165) is 4.31 Å². The van der Waals surface area contributed by atoms with Crippen molar-refractivity contribution < 1.29 is 17.9 Å².